The van der Waals surface area contributed by atoms with Crippen LogP contribution in [0.25, 0.3) is 55.9 Å². The van der Waals surface area contributed by atoms with Gasteiger partial charge >= 0.3 is 0 Å². The van der Waals surface area contributed by atoms with Gasteiger partial charge in [0.15, 0.2) is 0 Å². The molecule has 3 nitrogen and oxygen atoms in total. The van der Waals surface area contributed by atoms with Gasteiger partial charge in [0.2, 0.25) is 0 Å². The number of nitrogens with zero attached hydrogens (tertiary/aromatic N) is 2. The van der Waals surface area contributed by atoms with Gasteiger partial charge in [0.1, 0.15) is 0 Å². The van der Waals surface area contributed by atoms with E-state index in [9.17, 15) is 0 Å². The van der Waals surface area contributed by atoms with Gasteiger partial charge in [-0.05, 0) is 28.1 Å². The first-order chi connectivity index (χ1) is 21.4. The summed E-state index contributed by atoms with van der Waals surface area (Å²) in [6.45, 7) is 9.14. The third kappa shape index (κ3) is 7.29. The largest absolute Gasteiger partial charge is 0.499 e. The van der Waals surface area contributed by atoms with Gasteiger partial charge in [-0.1, -0.05) is 128 Å². The normalized spacial score (nSPS) is 10.9. The number of benzene rings is 4. The summed E-state index contributed by atoms with van der Waals surface area (Å²) >= 11 is 0. The average Bonchev–Trinajstić information content (AvgIpc) is 3.42. The zero-order valence-electron chi connectivity index (χ0n) is 25.8. The van der Waals surface area contributed by atoms with Crippen molar-refractivity contribution in [1.29, 1.82) is 0 Å². The van der Waals surface area contributed by atoms with Crippen LogP contribution in [-0.4, -0.2) is 18.0 Å². The Labute approximate surface area is 280 Å². The number of hydrogen-bond donors (Lipinski definition) is 0. The molecule has 3 heterocycles. The number of pyridine rings is 2. The number of aryl methyl sites for hydroxylation is 1. The van der Waals surface area contributed by atoms with Crippen LogP contribution < -0.4 is 5.19 Å². The smallest absolute Gasteiger partial charge is 0.0944 e. The predicted octanol–water partition coefficient (Wildman–Crippen LogP) is 10.0. The summed E-state index contributed by atoms with van der Waals surface area (Å²) in [6.07, 6.45) is 3.83. The van der Waals surface area contributed by atoms with E-state index in [1.807, 2.05) is 72.9 Å². The predicted molar refractivity (Wildman–Crippen MR) is 185 cm³/mol. The van der Waals surface area contributed by atoms with Crippen LogP contribution in [0.3, 0.4) is 0 Å². The molecule has 0 spiro atoms. The fraction of sp³-hybridized carbons (Fsp3) is 0.100. The van der Waals surface area contributed by atoms with Gasteiger partial charge in [-0.15, -0.1) is 48.0 Å². The molecule has 0 N–H and O–H groups in total. The molecule has 0 saturated carbocycles. The van der Waals surface area contributed by atoms with Gasteiger partial charge in [-0.25, -0.2) is 0 Å². The van der Waals surface area contributed by atoms with Crippen LogP contribution in [0, 0.1) is 19.1 Å². The van der Waals surface area contributed by atoms with Crippen LogP contribution in [0.15, 0.2) is 138 Å². The summed E-state index contributed by atoms with van der Waals surface area (Å²) in [6, 6.07) is 47.7. The maximum absolute atomic E-state index is 6.48. The van der Waals surface area contributed by atoms with Gasteiger partial charge in [-0.3, -0.25) is 4.98 Å². The summed E-state index contributed by atoms with van der Waals surface area (Å²) in [5, 5.41) is 2.37. The number of rotatable bonds is 5. The van der Waals surface area contributed by atoms with E-state index in [2.05, 4.69) is 98.3 Å². The molecule has 1 radical (unpaired) electrons. The number of fused-ring (bicyclic) bond motifs is 1. The summed E-state index contributed by atoms with van der Waals surface area (Å²) in [4.78, 5) is 9.04. The topological polar surface area (TPSA) is 38.9 Å². The average molecular weight is 779 g/mol. The minimum Gasteiger partial charge on any atom is -0.499 e. The Morgan fingerprint density at radius 3 is 1.93 bits per heavy atom. The third-order valence-electron chi connectivity index (χ3n) is 7.62. The molecule has 0 atom stereocenters. The van der Waals surface area contributed by atoms with Crippen LogP contribution in [-0.2, 0) is 20.1 Å². The van der Waals surface area contributed by atoms with Crippen molar-refractivity contribution in [2.75, 3.05) is 0 Å². The molecule has 0 fully saturated rings. The van der Waals surface area contributed by atoms with Crippen molar-refractivity contribution in [3.05, 3.63) is 151 Å². The van der Waals surface area contributed by atoms with Crippen molar-refractivity contribution in [3.8, 4) is 45.0 Å². The SMILES string of the molecule is Cc1c(-c2ccccc2)oc2c(-c3ccccc3)cc(-c3ccc([Si](C)(C)C)cn3)[c-]c12.[Ir].[c-]1ccccc1-c1ccccn1. The van der Waals surface area contributed by atoms with Crippen LogP contribution in [0.1, 0.15) is 5.56 Å². The van der Waals surface area contributed by atoms with E-state index in [1.54, 1.807) is 6.20 Å². The first kappa shape index (κ1) is 32.0. The van der Waals surface area contributed by atoms with E-state index >= 15 is 0 Å². The minimum atomic E-state index is -1.40. The molecule has 0 amide bonds. The van der Waals surface area contributed by atoms with E-state index in [0.29, 0.717) is 0 Å². The van der Waals surface area contributed by atoms with Gasteiger partial charge in [0.25, 0.3) is 0 Å². The van der Waals surface area contributed by atoms with Gasteiger partial charge in [0, 0.05) is 43.8 Å². The zero-order chi connectivity index (χ0) is 30.5. The van der Waals surface area contributed by atoms with Crippen LogP contribution in [0.2, 0.25) is 19.6 Å². The maximum atomic E-state index is 6.48. The van der Waals surface area contributed by atoms with Gasteiger partial charge in [0.05, 0.1) is 19.4 Å². The molecule has 45 heavy (non-hydrogen) atoms. The number of aromatic nitrogens is 2. The van der Waals surface area contributed by atoms with E-state index in [0.717, 1.165) is 61.5 Å². The fourth-order valence-corrected chi connectivity index (χ4v) is 6.18. The Kier molecular flexibility index (Phi) is 10.0. The monoisotopic (exact) mass is 779 g/mol. The van der Waals surface area contributed by atoms with E-state index in [4.69, 9.17) is 9.40 Å². The summed E-state index contributed by atoms with van der Waals surface area (Å²) in [7, 11) is -1.40. The fourth-order valence-electron chi connectivity index (χ4n) is 5.14. The molecule has 7 aromatic rings. The maximum Gasteiger partial charge on any atom is 0.0944 e. The van der Waals surface area contributed by atoms with Crippen molar-refractivity contribution in [2.24, 2.45) is 0 Å². The standard InChI is InChI=1S/C29H26NOSi.C11H8N.Ir/c1-20-25-17-23(27-16-15-24(19-30-27)32(2,3)4)18-26(21-11-7-5-8-12-21)29(25)31-28(20)22-13-9-6-10-14-22;1-2-6-10(7-3-1)11-8-4-5-9-12-11;/h5-16,18-19H,1-4H3;1-6,8-9H;/q2*-1;. The molecule has 4 aromatic carbocycles. The third-order valence-corrected chi connectivity index (χ3v) is 9.64. The summed E-state index contributed by atoms with van der Waals surface area (Å²) in [5.74, 6) is 0.897. The molecule has 3 aromatic heterocycles. The number of hydrogen-bond acceptors (Lipinski definition) is 3. The molecule has 0 aliphatic rings. The second kappa shape index (κ2) is 14.1. The van der Waals surface area contributed by atoms with E-state index in [1.165, 1.54) is 5.19 Å². The Hall–Kier alpha value is -4.41. The minimum absolute atomic E-state index is 0. The summed E-state index contributed by atoms with van der Waals surface area (Å²) < 4.78 is 6.48. The molecule has 7 rings (SSSR count). The van der Waals surface area contributed by atoms with Crippen molar-refractivity contribution >= 4 is 24.2 Å². The Morgan fingerprint density at radius 2 is 1.33 bits per heavy atom. The van der Waals surface area contributed by atoms with Crippen molar-refractivity contribution in [1.82, 2.24) is 9.97 Å². The van der Waals surface area contributed by atoms with E-state index < -0.39 is 8.07 Å². The van der Waals surface area contributed by atoms with Crippen molar-refractivity contribution in [2.45, 2.75) is 26.6 Å². The van der Waals surface area contributed by atoms with Crippen LogP contribution in [0.4, 0.5) is 0 Å². The van der Waals surface area contributed by atoms with E-state index in [-0.39, 0.29) is 20.1 Å². The molecule has 0 bridgehead atoms. The molecular weight excluding hydrogens is 745 g/mol. The molecule has 0 saturated heterocycles. The molecule has 225 valence electrons. The first-order valence-corrected chi connectivity index (χ1v) is 18.3. The Morgan fingerprint density at radius 1 is 0.667 bits per heavy atom. The zero-order valence-corrected chi connectivity index (χ0v) is 29.2. The molecule has 0 unspecified atom stereocenters. The second-order valence-electron chi connectivity index (χ2n) is 11.8. The first-order valence-electron chi connectivity index (χ1n) is 14.8. The van der Waals surface area contributed by atoms with Crippen LogP contribution >= 0.6 is 0 Å². The second-order valence-corrected chi connectivity index (χ2v) is 16.8. The van der Waals surface area contributed by atoms with Crippen molar-refractivity contribution < 1.29 is 24.5 Å². The quantitative estimate of drug-likeness (QED) is 0.129. The Balaban J connectivity index is 0.000000258. The summed E-state index contributed by atoms with van der Waals surface area (Å²) in [5.41, 5.74) is 9.17. The Bertz CT molecular complexity index is 1930. The molecule has 0 aliphatic heterocycles. The van der Waals surface area contributed by atoms with Crippen LogP contribution in [0.5, 0.6) is 0 Å². The van der Waals surface area contributed by atoms with Gasteiger partial charge < -0.3 is 9.40 Å². The molecular formula is C40H34IrN2OSi-2. The molecule has 0 aliphatic carbocycles. The number of furan rings is 1. The molecule has 5 heteroatoms. The van der Waals surface area contributed by atoms with Gasteiger partial charge in [-0.2, -0.15) is 0 Å². The van der Waals surface area contributed by atoms with Crippen molar-refractivity contribution in [3.63, 3.8) is 0 Å².